The number of hydrogen-bond acceptors (Lipinski definition) is 14. The minimum absolute atomic E-state index is 0.0216. The molecule has 0 heterocycles. The second kappa shape index (κ2) is 29.6. The molecule has 0 saturated heterocycles. The third-order valence-corrected chi connectivity index (χ3v) is 10.5. The summed E-state index contributed by atoms with van der Waals surface area (Å²) < 4.78 is 119. The van der Waals surface area contributed by atoms with Gasteiger partial charge >= 0.3 is 48.8 Å². The molecule has 0 aromatic heterocycles. The predicted octanol–water partition coefficient (Wildman–Crippen LogP) is 13.5. The van der Waals surface area contributed by atoms with Crippen molar-refractivity contribution < 1.29 is 88.3 Å². The van der Waals surface area contributed by atoms with Crippen molar-refractivity contribution in [2.75, 3.05) is 40.1 Å². The maximum Gasteiger partial charge on any atom is 0.437 e. The number of ether oxygens (including phenoxy) is 6. The minimum Gasteiger partial charge on any atom is -0.457 e. The fourth-order valence-electron chi connectivity index (χ4n) is 6.42. The fraction of sp³-hybridized carbons (Fsp3) is 0.509. The molecule has 3 rings (SSSR count). The van der Waals surface area contributed by atoms with Crippen molar-refractivity contribution in [2.24, 2.45) is 9.98 Å². The number of alkyl carbamates (subject to hydrolysis) is 3. The molecule has 0 fully saturated rings. The van der Waals surface area contributed by atoms with Crippen LogP contribution in [0.1, 0.15) is 134 Å². The van der Waals surface area contributed by atoms with Gasteiger partial charge in [-0.25, -0.2) is 28.8 Å². The van der Waals surface area contributed by atoms with Gasteiger partial charge in [0.15, 0.2) is 0 Å². The molecule has 3 aromatic rings. The zero-order valence-electron chi connectivity index (χ0n) is 49.8. The van der Waals surface area contributed by atoms with Gasteiger partial charge in [-0.1, -0.05) is 6.07 Å². The van der Waals surface area contributed by atoms with Crippen LogP contribution in [-0.4, -0.2) is 101 Å². The lowest BCUT2D eigenvalue weighted by molar-refractivity contribution is -0.138. The molecule has 470 valence electrons. The highest BCUT2D eigenvalue weighted by molar-refractivity contribution is 7.99. The number of unbranched alkanes of at least 4 members (excludes halogenated alkanes) is 1. The first-order valence-corrected chi connectivity index (χ1v) is 27.2. The smallest absolute Gasteiger partial charge is 0.437 e. The molecule has 0 aliphatic carbocycles. The van der Waals surface area contributed by atoms with Crippen LogP contribution in [0.25, 0.3) is 0 Å². The summed E-state index contributed by atoms with van der Waals surface area (Å²) in [7, 11) is 0. The summed E-state index contributed by atoms with van der Waals surface area (Å²) >= 11 is 0.852. The Morgan fingerprint density at radius 1 is 0.482 bits per heavy atom. The number of nitrogens with one attached hydrogen (secondary N) is 8. The quantitative estimate of drug-likeness (QED) is 0.0175. The highest BCUT2D eigenvalue weighted by atomic mass is 32.2. The molecule has 0 aliphatic rings. The van der Waals surface area contributed by atoms with E-state index in [1.807, 2.05) is 0 Å². The second-order valence-corrected chi connectivity index (χ2v) is 24.4. The number of anilines is 4. The van der Waals surface area contributed by atoms with E-state index in [0.29, 0.717) is 24.3 Å². The first-order chi connectivity index (χ1) is 38.8. The highest BCUT2D eigenvalue weighted by Crippen LogP contribution is 2.42. The maximum atomic E-state index is 14.6. The normalized spacial score (nSPS) is 12.6. The van der Waals surface area contributed by atoms with Crippen LogP contribution in [0.2, 0.25) is 0 Å². The number of guanidine groups is 2. The summed E-state index contributed by atoms with van der Waals surface area (Å²) in [6, 6.07) is 7.60. The van der Waals surface area contributed by atoms with Crippen LogP contribution in [0.3, 0.4) is 0 Å². The van der Waals surface area contributed by atoms with Gasteiger partial charge in [0.25, 0.3) is 0 Å². The Kier molecular flexibility index (Phi) is 24.7. The molecule has 0 radical (unpaired) electrons. The summed E-state index contributed by atoms with van der Waals surface area (Å²) in [5.74, 6) is -2.43. The van der Waals surface area contributed by atoms with Gasteiger partial charge in [0.1, 0.15) is 39.5 Å². The second-order valence-electron chi connectivity index (χ2n) is 23.3. The van der Waals surface area contributed by atoms with Crippen molar-refractivity contribution in [3.05, 3.63) is 65.7 Å². The van der Waals surface area contributed by atoms with Crippen LogP contribution in [0.5, 0.6) is 11.5 Å². The number of halogens is 6. The first kappa shape index (κ1) is 71.1. The summed E-state index contributed by atoms with van der Waals surface area (Å²) in [6.45, 7) is 23.7. The number of carbonyl (C=O) groups is 7. The predicted molar refractivity (Wildman–Crippen MR) is 307 cm³/mol. The van der Waals surface area contributed by atoms with Crippen molar-refractivity contribution in [3.8, 4) is 11.5 Å². The number of rotatable bonds is 15. The Morgan fingerprint density at radius 2 is 0.965 bits per heavy atom. The first-order valence-electron chi connectivity index (χ1n) is 26.2. The number of hydrogen-bond donors (Lipinski definition) is 8. The van der Waals surface area contributed by atoms with Crippen molar-refractivity contribution in [2.45, 2.75) is 168 Å². The average molecular weight is 1230 g/mol. The lowest BCUT2D eigenvalue weighted by Crippen LogP contribution is -2.44. The summed E-state index contributed by atoms with van der Waals surface area (Å²) in [5, 5.41) is 19.5. The molecule has 85 heavy (non-hydrogen) atoms. The third kappa shape index (κ3) is 29.8. The van der Waals surface area contributed by atoms with E-state index in [0.717, 1.165) is 17.8 Å². The Hall–Kier alpha value is -8.18. The third-order valence-electron chi connectivity index (χ3n) is 9.33. The van der Waals surface area contributed by atoms with Gasteiger partial charge in [-0.3, -0.25) is 15.4 Å². The zero-order valence-corrected chi connectivity index (χ0v) is 50.6. The molecular formula is C55H74F6N10O13S. The van der Waals surface area contributed by atoms with Gasteiger partial charge in [-0.15, -0.1) is 21.7 Å². The zero-order chi connectivity index (χ0) is 64.5. The van der Waals surface area contributed by atoms with Gasteiger partial charge in [-0.05, 0) is 153 Å². The number of urea groups is 1. The topological polar surface area (TPSA) is 296 Å². The molecule has 0 unspecified atom stereocenters. The molecule has 23 nitrogen and oxygen atoms in total. The molecule has 0 spiro atoms. The molecule has 3 aromatic carbocycles. The minimum atomic E-state index is -5.03. The molecule has 8 N–H and O–H groups in total. The van der Waals surface area contributed by atoms with E-state index in [9.17, 15) is 59.9 Å². The van der Waals surface area contributed by atoms with Crippen molar-refractivity contribution >= 4 is 88.8 Å². The van der Waals surface area contributed by atoms with Crippen LogP contribution < -0.4 is 47.3 Å². The van der Waals surface area contributed by atoms with Crippen LogP contribution >= 0.6 is 11.8 Å². The summed E-state index contributed by atoms with van der Waals surface area (Å²) in [6.07, 6.45) is -15.1. The highest BCUT2D eigenvalue weighted by Gasteiger charge is 2.34. The standard InChI is InChI=1S/C55H74F6N10O13S/c1-49(2,3)80-44(74)63-23-24-85-40-37(66-39(72)21-16-17-22-62-41(68-45(75)81-50(4,5)6)69-46(76)82-51(7,8)9)27-32(55(59,60)61)28-38(40)67-43(73)65-33-19-18-20-35(29-33)79-36-26-31(54(56,57)58)25-34(30-36)64-42(70-47(77)83-52(10,11)12)71-48(78)84-53(13,14)15/h18-20,25-30H,16-17,21-24H2,1-15H3,(H,63,74)(H,66,72)(H2,65,67,73)(H2,62,68,69,75,76)(H2,64,70,71,77,78). The molecule has 0 bridgehead atoms. The number of aliphatic imine (C=N–C) groups is 2. The van der Waals surface area contributed by atoms with Crippen molar-refractivity contribution in [3.63, 3.8) is 0 Å². The number of nitrogens with zero attached hydrogens (tertiary/aromatic N) is 2. The van der Waals surface area contributed by atoms with E-state index >= 15 is 0 Å². The number of carbonyl (C=O) groups excluding carboxylic acids is 7. The number of thioether (sulfide) groups is 1. The fourth-order valence-corrected chi connectivity index (χ4v) is 7.36. The summed E-state index contributed by atoms with van der Waals surface area (Å²) in [5.41, 5.74) is -8.65. The molecule has 30 heteroatoms. The van der Waals surface area contributed by atoms with Crippen LogP contribution in [-0.2, 0) is 40.8 Å². The van der Waals surface area contributed by atoms with E-state index in [1.165, 1.54) is 65.8 Å². The number of amides is 8. The lowest BCUT2D eigenvalue weighted by Gasteiger charge is -2.21. The summed E-state index contributed by atoms with van der Waals surface area (Å²) in [4.78, 5) is 97.4. The SMILES string of the molecule is CC(C)(C)OC(=O)/N=C(/NCCCCC(=O)Nc1cc(C(F)(F)F)cc(NC(=O)Nc2cccc(Oc3cc(N/C(=N\C(=O)OC(C)(C)C)NC(=O)OC(C)(C)C)cc(C(F)(F)F)c3)c2)c1SCCNC(=O)OC(C)(C)C)NC(=O)OC(C)(C)C. The Bertz CT molecular complexity index is 2940. The van der Waals surface area contributed by atoms with Gasteiger partial charge in [-0.2, -0.15) is 26.3 Å². The van der Waals surface area contributed by atoms with Gasteiger partial charge in [0.2, 0.25) is 17.8 Å². The lowest BCUT2D eigenvalue weighted by atomic mass is 10.1. The largest absolute Gasteiger partial charge is 0.457 e. The van der Waals surface area contributed by atoms with Crippen LogP contribution in [0.4, 0.5) is 77.9 Å². The van der Waals surface area contributed by atoms with E-state index in [2.05, 4.69) is 52.5 Å². The Balaban J connectivity index is 1.95. The van der Waals surface area contributed by atoms with Crippen LogP contribution in [0.15, 0.2) is 69.5 Å². The molecule has 0 atom stereocenters. The number of benzene rings is 3. The van der Waals surface area contributed by atoms with E-state index in [-0.39, 0.29) is 66.1 Å². The van der Waals surface area contributed by atoms with Crippen molar-refractivity contribution in [1.29, 1.82) is 0 Å². The maximum absolute atomic E-state index is 14.6. The van der Waals surface area contributed by atoms with E-state index < -0.39 is 117 Å². The monoisotopic (exact) mass is 1230 g/mol. The van der Waals surface area contributed by atoms with Crippen LogP contribution in [0, 0.1) is 0 Å². The van der Waals surface area contributed by atoms with Gasteiger partial charge in [0, 0.05) is 48.8 Å². The van der Waals surface area contributed by atoms with Crippen molar-refractivity contribution in [1.82, 2.24) is 21.3 Å². The Morgan fingerprint density at radius 3 is 1.49 bits per heavy atom. The molecule has 8 amide bonds. The molecule has 0 aliphatic heterocycles. The number of alkyl halides is 6. The molecular weight excluding hydrogens is 1150 g/mol. The average Bonchev–Trinajstić information content (AvgIpc) is 2.38. The van der Waals surface area contributed by atoms with E-state index in [1.54, 1.807) is 62.3 Å². The molecule has 0 saturated carbocycles. The van der Waals surface area contributed by atoms with Gasteiger partial charge in [0.05, 0.1) is 27.4 Å². The van der Waals surface area contributed by atoms with E-state index in [4.69, 9.17) is 28.4 Å². The Labute approximate surface area is 492 Å². The van der Waals surface area contributed by atoms with Gasteiger partial charge < -0.3 is 60.3 Å².